The highest BCUT2D eigenvalue weighted by Gasteiger charge is 2.18. The normalized spacial score (nSPS) is 12.4. The molecule has 0 fully saturated rings. The Balaban J connectivity index is 1.39. The molecule has 0 saturated heterocycles. The predicted octanol–water partition coefficient (Wildman–Crippen LogP) is 5.49. The van der Waals surface area contributed by atoms with Crippen molar-refractivity contribution in [2.24, 2.45) is 0 Å². The van der Waals surface area contributed by atoms with E-state index in [1.54, 1.807) is 24.3 Å². The van der Waals surface area contributed by atoms with Crippen LogP contribution in [0.25, 0.3) is 0 Å². The van der Waals surface area contributed by atoms with Crippen LogP contribution in [0, 0.1) is 0 Å². The monoisotopic (exact) mass is 537 g/mol. The molecule has 4 rings (SSSR count). The second-order valence-corrected chi connectivity index (χ2v) is 11.0. The molecule has 0 saturated carbocycles. The first-order valence-electron chi connectivity index (χ1n) is 11.8. The molecule has 2 N–H and O–H groups in total. The average Bonchev–Trinajstić information content (AvgIpc) is 2.90. The van der Waals surface area contributed by atoms with Crippen molar-refractivity contribution in [3.8, 4) is 11.5 Å². The third-order valence-corrected chi connectivity index (χ3v) is 7.89. The van der Waals surface area contributed by atoms with E-state index in [0.717, 1.165) is 11.1 Å². The second-order valence-electron chi connectivity index (χ2n) is 8.61. The van der Waals surface area contributed by atoms with Gasteiger partial charge < -0.3 is 14.9 Å². The van der Waals surface area contributed by atoms with Crippen LogP contribution in [0.2, 0.25) is 5.02 Å². The van der Waals surface area contributed by atoms with Crippen LogP contribution in [-0.4, -0.2) is 43.2 Å². The number of aliphatic hydroxyl groups excluding tert-OH is 1. The Morgan fingerprint density at radius 2 is 1.49 bits per heavy atom. The zero-order chi connectivity index (χ0) is 26.3. The Morgan fingerprint density at radius 1 is 0.838 bits per heavy atom. The van der Waals surface area contributed by atoms with Gasteiger partial charge in [0.25, 0.3) is 0 Å². The fourth-order valence-corrected chi connectivity index (χ4v) is 5.37. The van der Waals surface area contributed by atoms with Crippen LogP contribution in [0.15, 0.2) is 113 Å². The van der Waals surface area contributed by atoms with E-state index in [0.29, 0.717) is 37.0 Å². The van der Waals surface area contributed by atoms with Crippen molar-refractivity contribution in [3.05, 3.63) is 119 Å². The van der Waals surface area contributed by atoms with Crippen LogP contribution in [0.3, 0.4) is 0 Å². The van der Waals surface area contributed by atoms with Crippen molar-refractivity contribution in [1.29, 1.82) is 0 Å². The maximum Gasteiger partial charge on any atom is 0.206 e. The minimum Gasteiger partial charge on any atom is -0.508 e. The van der Waals surface area contributed by atoms with Crippen LogP contribution in [0.4, 0.5) is 0 Å². The number of ether oxygens (including phenoxy) is 1. The highest BCUT2D eigenvalue weighted by atomic mass is 35.5. The van der Waals surface area contributed by atoms with Crippen LogP contribution < -0.4 is 4.74 Å². The van der Waals surface area contributed by atoms with Gasteiger partial charge in [0.1, 0.15) is 18.1 Å². The number of rotatable bonds is 11. The molecule has 0 aliphatic carbocycles. The van der Waals surface area contributed by atoms with Gasteiger partial charge in [-0.3, -0.25) is 4.90 Å². The molecule has 0 radical (unpaired) electrons. The van der Waals surface area contributed by atoms with Crippen molar-refractivity contribution in [2.75, 3.05) is 19.7 Å². The minimum atomic E-state index is -3.70. The predicted molar refractivity (Wildman–Crippen MR) is 144 cm³/mol. The third-order valence-electron chi connectivity index (χ3n) is 5.87. The summed E-state index contributed by atoms with van der Waals surface area (Å²) in [4.78, 5) is 2.35. The summed E-state index contributed by atoms with van der Waals surface area (Å²) in [6.07, 6.45) is -0.716. The molecule has 192 valence electrons. The summed E-state index contributed by atoms with van der Waals surface area (Å²) in [6, 6.07) is 28.9. The Labute approximate surface area is 222 Å². The lowest BCUT2D eigenvalue weighted by atomic mass is 10.1. The lowest BCUT2D eigenvalue weighted by Crippen LogP contribution is -2.32. The zero-order valence-electron chi connectivity index (χ0n) is 20.1. The number of nitrogens with zero attached hydrogens (tertiary/aromatic N) is 1. The van der Waals surface area contributed by atoms with E-state index in [9.17, 15) is 18.6 Å². The van der Waals surface area contributed by atoms with Gasteiger partial charge in [0.05, 0.1) is 15.9 Å². The number of aliphatic hydroxyl groups is 1. The van der Waals surface area contributed by atoms with Crippen molar-refractivity contribution in [3.63, 3.8) is 0 Å². The average molecular weight is 538 g/mol. The molecule has 4 aromatic rings. The number of phenolic OH excluding ortho intramolecular Hbond substituents is 1. The van der Waals surface area contributed by atoms with E-state index in [-0.39, 0.29) is 15.5 Å². The number of halogens is 1. The molecule has 6 nitrogen and oxygen atoms in total. The summed E-state index contributed by atoms with van der Waals surface area (Å²) >= 11 is 6.09. The molecular formula is C29H28ClNO5S. The molecule has 1 atom stereocenters. The summed E-state index contributed by atoms with van der Waals surface area (Å²) in [6.45, 7) is 1.91. The maximum atomic E-state index is 12.8. The number of aromatic hydroxyl groups is 1. The van der Waals surface area contributed by atoms with Gasteiger partial charge in [0, 0.05) is 24.7 Å². The fourth-order valence-electron chi connectivity index (χ4n) is 3.91. The topological polar surface area (TPSA) is 87.1 Å². The molecular weight excluding hydrogens is 510 g/mol. The highest BCUT2D eigenvalue weighted by Crippen LogP contribution is 2.25. The summed E-state index contributed by atoms with van der Waals surface area (Å²) in [5, 5.41) is 20.8. The van der Waals surface area contributed by atoms with Gasteiger partial charge in [0.15, 0.2) is 0 Å². The van der Waals surface area contributed by atoms with Crippen molar-refractivity contribution < 1.29 is 23.4 Å². The van der Waals surface area contributed by atoms with Crippen molar-refractivity contribution >= 4 is 21.4 Å². The number of phenols is 1. The third kappa shape index (κ3) is 7.33. The second kappa shape index (κ2) is 12.3. The quantitative estimate of drug-likeness (QED) is 0.263. The first-order valence-corrected chi connectivity index (χ1v) is 13.6. The summed E-state index contributed by atoms with van der Waals surface area (Å²) in [7, 11) is -3.70. The van der Waals surface area contributed by atoms with Gasteiger partial charge in [-0.1, -0.05) is 54.1 Å². The van der Waals surface area contributed by atoms with Crippen LogP contribution in [-0.2, 0) is 16.4 Å². The number of hydrogen-bond donors (Lipinski definition) is 2. The molecule has 0 aliphatic heterocycles. The lowest BCUT2D eigenvalue weighted by molar-refractivity contribution is 0.0986. The van der Waals surface area contributed by atoms with Gasteiger partial charge in [-0.15, -0.1) is 0 Å². The van der Waals surface area contributed by atoms with E-state index in [2.05, 4.69) is 4.90 Å². The van der Waals surface area contributed by atoms with Crippen molar-refractivity contribution in [2.45, 2.75) is 22.4 Å². The minimum absolute atomic E-state index is 0.00379. The van der Waals surface area contributed by atoms with Gasteiger partial charge in [-0.25, -0.2) is 8.42 Å². The molecule has 0 spiro atoms. The first-order chi connectivity index (χ1) is 17.8. The summed E-state index contributed by atoms with van der Waals surface area (Å²) in [5.41, 5.74) is 1.86. The zero-order valence-corrected chi connectivity index (χ0v) is 21.6. The van der Waals surface area contributed by atoms with Gasteiger partial charge in [0.2, 0.25) is 9.84 Å². The van der Waals surface area contributed by atoms with E-state index in [1.807, 2.05) is 42.5 Å². The SMILES string of the molecule is O=S(=O)(c1ccc(O)cc1)c1ccc(OCCN(Cc2ccccc2)C[C@H](O)c2cccc(Cl)c2)cc1. The maximum absolute atomic E-state index is 12.8. The standard InChI is InChI=1S/C29H28ClNO5S/c30-24-8-4-7-23(19-24)29(33)21-31(20-22-5-2-1-3-6-22)17-18-36-26-11-15-28(16-12-26)37(34,35)27-13-9-25(32)10-14-27/h1-16,19,29,32-33H,17-18,20-21H2/t29-/m0/s1. The smallest absolute Gasteiger partial charge is 0.206 e. The largest absolute Gasteiger partial charge is 0.508 e. The molecule has 4 aromatic carbocycles. The Hall–Kier alpha value is -3.36. The molecule has 0 amide bonds. The Bertz CT molecular complexity index is 1390. The summed E-state index contributed by atoms with van der Waals surface area (Å²) < 4.78 is 31.5. The lowest BCUT2D eigenvalue weighted by Gasteiger charge is -2.25. The fraction of sp³-hybridized carbons (Fsp3) is 0.172. The van der Waals surface area contributed by atoms with Gasteiger partial charge >= 0.3 is 0 Å². The molecule has 0 aromatic heterocycles. The van der Waals surface area contributed by atoms with Crippen LogP contribution >= 0.6 is 11.6 Å². The van der Waals surface area contributed by atoms with E-state index >= 15 is 0 Å². The van der Waals surface area contributed by atoms with Gasteiger partial charge in [-0.05, 0) is 71.8 Å². The first kappa shape index (κ1) is 26.7. The molecule has 8 heteroatoms. The van der Waals surface area contributed by atoms with E-state index < -0.39 is 15.9 Å². The van der Waals surface area contributed by atoms with Crippen molar-refractivity contribution in [1.82, 2.24) is 4.90 Å². The summed E-state index contributed by atoms with van der Waals surface area (Å²) in [5.74, 6) is 0.545. The van der Waals surface area contributed by atoms with Crippen LogP contribution in [0.1, 0.15) is 17.2 Å². The van der Waals surface area contributed by atoms with E-state index in [1.165, 1.54) is 36.4 Å². The number of sulfone groups is 1. The Morgan fingerprint density at radius 3 is 2.14 bits per heavy atom. The van der Waals surface area contributed by atoms with E-state index in [4.69, 9.17) is 16.3 Å². The Kier molecular flexibility index (Phi) is 8.84. The number of benzene rings is 4. The van der Waals surface area contributed by atoms with Crippen LogP contribution in [0.5, 0.6) is 11.5 Å². The molecule has 0 aliphatic rings. The molecule has 0 heterocycles. The highest BCUT2D eigenvalue weighted by molar-refractivity contribution is 7.91. The molecule has 0 unspecified atom stereocenters. The molecule has 0 bridgehead atoms. The molecule has 37 heavy (non-hydrogen) atoms. The number of hydrogen-bond acceptors (Lipinski definition) is 6. The van der Waals surface area contributed by atoms with Gasteiger partial charge in [-0.2, -0.15) is 0 Å².